The number of aromatic nitrogens is 2. The highest BCUT2D eigenvalue weighted by Gasteiger charge is 2.39. The summed E-state index contributed by atoms with van der Waals surface area (Å²) in [6.07, 6.45) is 7.45. The average Bonchev–Trinajstić information content (AvgIpc) is 3.05. The van der Waals surface area contributed by atoms with Crippen molar-refractivity contribution in [3.63, 3.8) is 0 Å². The number of piperidine rings is 1. The van der Waals surface area contributed by atoms with Gasteiger partial charge in [0.05, 0.1) is 11.4 Å². The van der Waals surface area contributed by atoms with Crippen LogP contribution < -0.4 is 15.8 Å². The van der Waals surface area contributed by atoms with Crippen molar-refractivity contribution < 1.29 is 0 Å². The van der Waals surface area contributed by atoms with Gasteiger partial charge in [-0.15, -0.1) is 0 Å². The molecule has 2 aliphatic heterocycles. The molecule has 0 spiro atoms. The van der Waals surface area contributed by atoms with Crippen molar-refractivity contribution in [1.29, 1.82) is 0 Å². The molecule has 2 N–H and O–H groups in total. The topological polar surface area (TPSA) is 53.1 Å². The third-order valence-corrected chi connectivity index (χ3v) is 5.20. The van der Waals surface area contributed by atoms with Gasteiger partial charge in [0.25, 0.3) is 0 Å². The first kappa shape index (κ1) is 16.2. The summed E-state index contributed by atoms with van der Waals surface area (Å²) in [7, 11) is 0. The van der Waals surface area contributed by atoms with Gasteiger partial charge in [-0.05, 0) is 25.8 Å². The third kappa shape index (κ3) is 3.43. The molecule has 0 radical (unpaired) electrons. The minimum absolute atomic E-state index is 0.325. The van der Waals surface area contributed by atoms with Crippen LogP contribution >= 0.6 is 0 Å². The molecule has 0 bridgehead atoms. The molecular formula is C20H25N5. The molecule has 130 valence electrons. The first-order valence-electron chi connectivity index (χ1n) is 9.00. The highest BCUT2D eigenvalue weighted by atomic mass is 15.4. The number of rotatable bonds is 3. The van der Waals surface area contributed by atoms with Gasteiger partial charge in [0.1, 0.15) is 5.82 Å². The van der Waals surface area contributed by atoms with E-state index in [1.807, 2.05) is 26.1 Å². The molecule has 1 aromatic heterocycles. The zero-order valence-electron chi connectivity index (χ0n) is 14.8. The van der Waals surface area contributed by atoms with Crippen LogP contribution in [-0.4, -0.2) is 35.1 Å². The number of hydrogen-bond donors (Lipinski definition) is 2. The maximum Gasteiger partial charge on any atom is 0.150 e. The van der Waals surface area contributed by atoms with Crippen LogP contribution in [0, 0.1) is 19.8 Å². The van der Waals surface area contributed by atoms with Gasteiger partial charge in [0.15, 0.2) is 0 Å². The molecule has 0 aliphatic carbocycles. The number of nitrogens with one attached hydrogen (secondary N) is 2. The summed E-state index contributed by atoms with van der Waals surface area (Å²) in [5, 5.41) is 0. The van der Waals surface area contributed by atoms with Crippen molar-refractivity contribution in [2.75, 3.05) is 18.0 Å². The summed E-state index contributed by atoms with van der Waals surface area (Å²) >= 11 is 0. The zero-order chi connectivity index (χ0) is 17.2. The Labute approximate surface area is 149 Å². The lowest BCUT2D eigenvalue weighted by atomic mass is 9.88. The molecule has 4 rings (SSSR count). The number of fused-ring (bicyclic) bond motifs is 1. The molecule has 5 nitrogen and oxygen atoms in total. The maximum atomic E-state index is 4.73. The molecule has 0 saturated carbocycles. The van der Waals surface area contributed by atoms with E-state index in [0.29, 0.717) is 18.0 Å². The van der Waals surface area contributed by atoms with Crippen LogP contribution in [0.2, 0.25) is 0 Å². The van der Waals surface area contributed by atoms with Crippen LogP contribution in [0.15, 0.2) is 42.6 Å². The molecule has 3 unspecified atom stereocenters. The molecule has 2 aromatic rings. The quantitative estimate of drug-likeness (QED) is 0.902. The van der Waals surface area contributed by atoms with Gasteiger partial charge in [-0.3, -0.25) is 15.8 Å². The van der Waals surface area contributed by atoms with E-state index in [2.05, 4.69) is 57.2 Å². The Morgan fingerprint density at radius 1 is 1.16 bits per heavy atom. The van der Waals surface area contributed by atoms with Crippen molar-refractivity contribution in [2.24, 2.45) is 5.92 Å². The number of hydrogen-bond acceptors (Lipinski definition) is 5. The fourth-order valence-corrected chi connectivity index (χ4v) is 3.82. The van der Waals surface area contributed by atoms with Crippen LogP contribution in [0.25, 0.3) is 6.08 Å². The van der Waals surface area contributed by atoms with Crippen molar-refractivity contribution in [3.8, 4) is 0 Å². The van der Waals surface area contributed by atoms with Crippen LogP contribution in [0.5, 0.6) is 0 Å². The number of benzene rings is 1. The van der Waals surface area contributed by atoms with Crippen LogP contribution in [0.3, 0.4) is 0 Å². The Kier molecular flexibility index (Phi) is 4.51. The summed E-state index contributed by atoms with van der Waals surface area (Å²) in [6.45, 7) is 6.07. The predicted molar refractivity (Wildman–Crippen MR) is 101 cm³/mol. The molecule has 2 saturated heterocycles. The normalized spacial score (nSPS) is 26.2. The Morgan fingerprint density at radius 3 is 2.84 bits per heavy atom. The minimum atomic E-state index is 0.325. The summed E-state index contributed by atoms with van der Waals surface area (Å²) in [5.41, 5.74) is 10.2. The van der Waals surface area contributed by atoms with E-state index in [9.17, 15) is 0 Å². The predicted octanol–water partition coefficient (Wildman–Crippen LogP) is 2.48. The molecule has 0 amide bonds. The fraction of sp³-hybridized carbons (Fsp3) is 0.400. The fourth-order valence-electron chi connectivity index (χ4n) is 3.82. The van der Waals surface area contributed by atoms with E-state index >= 15 is 0 Å². The van der Waals surface area contributed by atoms with Gasteiger partial charge in [-0.2, -0.15) is 0 Å². The minimum Gasteiger partial charge on any atom is -0.355 e. The second kappa shape index (κ2) is 6.94. The Morgan fingerprint density at radius 2 is 2.00 bits per heavy atom. The van der Waals surface area contributed by atoms with Crippen LogP contribution in [0.1, 0.15) is 23.4 Å². The number of anilines is 1. The summed E-state index contributed by atoms with van der Waals surface area (Å²) < 4.78 is 0. The van der Waals surface area contributed by atoms with Gasteiger partial charge < -0.3 is 4.90 Å². The first-order chi connectivity index (χ1) is 12.2. The second-order valence-corrected chi connectivity index (χ2v) is 7.01. The van der Waals surface area contributed by atoms with Gasteiger partial charge in [-0.25, -0.2) is 4.98 Å². The Bertz CT molecular complexity index is 758. The number of aryl methyl sites for hydroxylation is 2. The van der Waals surface area contributed by atoms with Gasteiger partial charge in [0.2, 0.25) is 0 Å². The van der Waals surface area contributed by atoms with Gasteiger partial charge >= 0.3 is 0 Å². The Balaban J connectivity index is 1.51. The number of nitrogens with zero attached hydrogens (tertiary/aromatic N) is 3. The van der Waals surface area contributed by atoms with Crippen LogP contribution in [-0.2, 0) is 0 Å². The SMILES string of the molecule is Cc1cnc(C)c(N2CCC3NNC(/C=C/c4ccccc4)C3C2)n1. The molecule has 3 atom stereocenters. The molecule has 2 fully saturated rings. The summed E-state index contributed by atoms with van der Waals surface area (Å²) in [5.74, 6) is 1.56. The van der Waals surface area contributed by atoms with Crippen LogP contribution in [0.4, 0.5) is 5.82 Å². The monoisotopic (exact) mass is 335 g/mol. The molecule has 5 heteroatoms. The lowest BCUT2D eigenvalue weighted by Gasteiger charge is -2.36. The second-order valence-electron chi connectivity index (χ2n) is 7.01. The van der Waals surface area contributed by atoms with E-state index in [-0.39, 0.29) is 0 Å². The molecule has 3 heterocycles. The standard InChI is InChI=1S/C20H25N5/c1-14-12-21-15(2)20(22-14)25-11-10-19-17(13-25)18(23-24-19)9-8-16-6-4-3-5-7-16/h3-9,12,17-19,23-24H,10-11,13H2,1-2H3/b9-8+. The van der Waals surface area contributed by atoms with Crippen molar-refractivity contribution in [1.82, 2.24) is 20.8 Å². The van der Waals surface area contributed by atoms with Gasteiger partial charge in [-0.1, -0.05) is 42.5 Å². The molecule has 25 heavy (non-hydrogen) atoms. The van der Waals surface area contributed by atoms with Gasteiger partial charge in [0, 0.05) is 37.3 Å². The highest BCUT2D eigenvalue weighted by molar-refractivity contribution is 5.50. The van der Waals surface area contributed by atoms with E-state index < -0.39 is 0 Å². The lowest BCUT2D eigenvalue weighted by molar-refractivity contribution is 0.368. The molecule has 2 aliphatic rings. The largest absolute Gasteiger partial charge is 0.355 e. The third-order valence-electron chi connectivity index (χ3n) is 5.20. The van der Waals surface area contributed by atoms with E-state index in [4.69, 9.17) is 4.98 Å². The highest BCUT2D eigenvalue weighted by Crippen LogP contribution is 2.29. The number of hydrazine groups is 1. The van der Waals surface area contributed by atoms with Crippen molar-refractivity contribution >= 4 is 11.9 Å². The summed E-state index contributed by atoms with van der Waals surface area (Å²) in [6, 6.07) is 11.3. The maximum absolute atomic E-state index is 4.73. The smallest absolute Gasteiger partial charge is 0.150 e. The zero-order valence-corrected chi connectivity index (χ0v) is 14.8. The molecule has 1 aromatic carbocycles. The first-order valence-corrected chi connectivity index (χ1v) is 9.00. The lowest BCUT2D eigenvalue weighted by Crippen LogP contribution is -2.46. The van der Waals surface area contributed by atoms with E-state index in [0.717, 1.165) is 36.7 Å². The van der Waals surface area contributed by atoms with Crippen molar-refractivity contribution in [3.05, 3.63) is 59.6 Å². The average molecular weight is 335 g/mol. The Hall–Kier alpha value is -2.24. The van der Waals surface area contributed by atoms with E-state index in [1.165, 1.54) is 5.56 Å². The van der Waals surface area contributed by atoms with E-state index in [1.54, 1.807) is 0 Å². The molecular weight excluding hydrogens is 310 g/mol. The van der Waals surface area contributed by atoms with Crippen molar-refractivity contribution in [2.45, 2.75) is 32.4 Å². The summed E-state index contributed by atoms with van der Waals surface area (Å²) in [4.78, 5) is 11.6.